The van der Waals surface area contributed by atoms with Crippen molar-refractivity contribution in [2.75, 3.05) is 17.1 Å². The molecule has 2 N–H and O–H groups in total. The highest BCUT2D eigenvalue weighted by atomic mass is 35.5. The quantitative estimate of drug-likeness (QED) is 0.889. The molecule has 1 heterocycles. The lowest BCUT2D eigenvalue weighted by atomic mass is 10.2. The van der Waals surface area contributed by atoms with Gasteiger partial charge >= 0.3 is 0 Å². The summed E-state index contributed by atoms with van der Waals surface area (Å²) in [5, 5.41) is 11.7. The summed E-state index contributed by atoms with van der Waals surface area (Å²) < 4.78 is 26.7. The first-order valence-corrected chi connectivity index (χ1v) is 7.54. The van der Waals surface area contributed by atoms with Crippen LogP contribution in [0.25, 0.3) is 0 Å². The van der Waals surface area contributed by atoms with Crippen LogP contribution in [-0.4, -0.2) is 25.4 Å². The van der Waals surface area contributed by atoms with E-state index in [0.717, 1.165) is 0 Å². The van der Waals surface area contributed by atoms with Crippen LogP contribution in [0.4, 0.5) is 11.6 Å². The molecule has 21 heavy (non-hydrogen) atoms. The van der Waals surface area contributed by atoms with E-state index >= 15 is 0 Å². The van der Waals surface area contributed by atoms with Gasteiger partial charge < -0.3 is 5.32 Å². The van der Waals surface area contributed by atoms with Crippen LogP contribution in [0, 0.1) is 11.3 Å². The monoisotopic (exact) mass is 323 g/mol. The van der Waals surface area contributed by atoms with Gasteiger partial charge in [0.2, 0.25) is 5.95 Å². The Morgan fingerprint density at radius 3 is 2.52 bits per heavy atom. The first kappa shape index (κ1) is 15.0. The molecule has 1 aromatic carbocycles. The van der Waals surface area contributed by atoms with Crippen molar-refractivity contribution in [1.82, 2.24) is 9.97 Å². The molecule has 0 fully saturated rings. The summed E-state index contributed by atoms with van der Waals surface area (Å²) in [4.78, 5) is 7.56. The Morgan fingerprint density at radius 1 is 1.29 bits per heavy atom. The Bertz CT molecular complexity index is 799. The maximum absolute atomic E-state index is 12.2. The van der Waals surface area contributed by atoms with Crippen molar-refractivity contribution < 1.29 is 8.42 Å². The van der Waals surface area contributed by atoms with Crippen LogP contribution < -0.4 is 10.0 Å². The van der Waals surface area contributed by atoms with E-state index in [1.165, 1.54) is 30.6 Å². The Hall–Kier alpha value is -2.37. The van der Waals surface area contributed by atoms with Crippen molar-refractivity contribution >= 4 is 33.3 Å². The number of halogens is 1. The van der Waals surface area contributed by atoms with Crippen LogP contribution in [0.5, 0.6) is 0 Å². The molecule has 0 aliphatic heterocycles. The molecule has 9 heteroatoms. The maximum atomic E-state index is 12.2. The highest BCUT2D eigenvalue weighted by Crippen LogP contribution is 2.25. The molecular weight excluding hydrogens is 314 g/mol. The Kier molecular flexibility index (Phi) is 4.26. The van der Waals surface area contributed by atoms with Gasteiger partial charge in [0.1, 0.15) is 4.90 Å². The van der Waals surface area contributed by atoms with Gasteiger partial charge in [-0.3, -0.25) is 4.72 Å². The third-order valence-electron chi connectivity index (χ3n) is 2.50. The van der Waals surface area contributed by atoms with Crippen LogP contribution in [0.15, 0.2) is 35.5 Å². The number of benzene rings is 1. The standard InChI is InChI=1S/C12H10ClN5O2S/c1-15-12-16-6-9(7-17-12)21(19,20)18-11-4-8(5-14)2-3-10(11)13/h2-4,6-7,18H,1H3,(H,15,16,17). The zero-order valence-electron chi connectivity index (χ0n) is 10.8. The number of sulfonamides is 1. The summed E-state index contributed by atoms with van der Waals surface area (Å²) in [6, 6.07) is 6.19. The van der Waals surface area contributed by atoms with E-state index in [-0.39, 0.29) is 15.6 Å². The zero-order chi connectivity index (χ0) is 15.5. The summed E-state index contributed by atoms with van der Waals surface area (Å²) in [5.41, 5.74) is 0.410. The highest BCUT2D eigenvalue weighted by Gasteiger charge is 2.17. The lowest BCUT2D eigenvalue weighted by molar-refractivity contribution is 0.600. The van der Waals surface area contributed by atoms with Crippen molar-refractivity contribution in [3.63, 3.8) is 0 Å². The van der Waals surface area contributed by atoms with Crippen molar-refractivity contribution in [2.24, 2.45) is 0 Å². The van der Waals surface area contributed by atoms with Gasteiger partial charge in [-0.25, -0.2) is 18.4 Å². The van der Waals surface area contributed by atoms with Crippen LogP contribution in [0.1, 0.15) is 5.56 Å². The number of hydrogen-bond donors (Lipinski definition) is 2. The molecule has 7 nitrogen and oxygen atoms in total. The molecule has 0 unspecified atom stereocenters. The fourth-order valence-electron chi connectivity index (χ4n) is 1.46. The molecule has 0 aliphatic rings. The third kappa shape index (κ3) is 3.39. The minimum atomic E-state index is -3.88. The minimum absolute atomic E-state index is 0.111. The number of aromatic nitrogens is 2. The predicted molar refractivity (Wildman–Crippen MR) is 78.6 cm³/mol. The summed E-state index contributed by atoms with van der Waals surface area (Å²) in [6.45, 7) is 0. The molecule has 2 aromatic rings. The largest absolute Gasteiger partial charge is 0.357 e. The van der Waals surface area contributed by atoms with Crippen LogP contribution in [0.2, 0.25) is 5.02 Å². The predicted octanol–water partition coefficient (Wildman–Crippen LogP) is 1.84. The summed E-state index contributed by atoms with van der Waals surface area (Å²) in [7, 11) is -2.26. The van der Waals surface area contributed by atoms with Gasteiger partial charge in [-0.2, -0.15) is 5.26 Å². The maximum Gasteiger partial charge on any atom is 0.265 e. The molecule has 0 radical (unpaired) electrons. The second-order valence-corrected chi connectivity index (χ2v) is 5.99. The van der Waals surface area contributed by atoms with Gasteiger partial charge in [0, 0.05) is 7.05 Å². The molecule has 0 saturated carbocycles. The van der Waals surface area contributed by atoms with Crippen molar-refractivity contribution in [1.29, 1.82) is 5.26 Å². The number of nitrogens with one attached hydrogen (secondary N) is 2. The lowest BCUT2D eigenvalue weighted by Gasteiger charge is -2.09. The van der Waals surface area contributed by atoms with Crippen LogP contribution in [0.3, 0.4) is 0 Å². The van der Waals surface area contributed by atoms with E-state index in [2.05, 4.69) is 20.0 Å². The average Bonchev–Trinajstić information content (AvgIpc) is 2.49. The lowest BCUT2D eigenvalue weighted by Crippen LogP contribution is -2.14. The molecule has 0 atom stereocenters. The van der Waals surface area contributed by atoms with Gasteiger partial charge in [-0.05, 0) is 18.2 Å². The van der Waals surface area contributed by atoms with Crippen LogP contribution in [-0.2, 0) is 10.0 Å². The number of anilines is 2. The van der Waals surface area contributed by atoms with Gasteiger partial charge in [0.25, 0.3) is 10.0 Å². The SMILES string of the molecule is CNc1ncc(S(=O)(=O)Nc2cc(C#N)ccc2Cl)cn1. The Balaban J connectivity index is 2.35. The van der Waals surface area contributed by atoms with Gasteiger partial charge in [0.15, 0.2) is 0 Å². The molecule has 0 spiro atoms. The fraction of sp³-hybridized carbons (Fsp3) is 0.0833. The number of nitriles is 1. The minimum Gasteiger partial charge on any atom is -0.357 e. The first-order chi connectivity index (χ1) is 9.96. The van der Waals surface area contributed by atoms with Gasteiger partial charge in [-0.15, -0.1) is 0 Å². The van der Waals surface area contributed by atoms with Gasteiger partial charge in [0.05, 0.1) is 34.7 Å². The summed E-state index contributed by atoms with van der Waals surface area (Å²) in [6.07, 6.45) is 2.34. The molecular formula is C12H10ClN5O2S. The molecule has 0 bridgehead atoms. The third-order valence-corrected chi connectivity index (χ3v) is 4.15. The Morgan fingerprint density at radius 2 is 1.95 bits per heavy atom. The molecule has 0 saturated heterocycles. The highest BCUT2D eigenvalue weighted by molar-refractivity contribution is 7.92. The molecule has 108 valence electrons. The van der Waals surface area contributed by atoms with E-state index in [1.54, 1.807) is 7.05 Å². The Labute approximate surface area is 126 Å². The van der Waals surface area contributed by atoms with Crippen LogP contribution >= 0.6 is 11.6 Å². The van der Waals surface area contributed by atoms with E-state index in [9.17, 15) is 8.42 Å². The molecule has 0 amide bonds. The van der Waals surface area contributed by atoms with Gasteiger partial charge in [-0.1, -0.05) is 11.6 Å². The number of hydrogen-bond acceptors (Lipinski definition) is 6. The number of rotatable bonds is 4. The first-order valence-electron chi connectivity index (χ1n) is 5.68. The van der Waals surface area contributed by atoms with Crippen molar-refractivity contribution in [2.45, 2.75) is 4.90 Å². The molecule has 1 aromatic heterocycles. The zero-order valence-corrected chi connectivity index (χ0v) is 12.4. The van der Waals surface area contributed by atoms with E-state index in [1.807, 2.05) is 6.07 Å². The van der Waals surface area contributed by atoms with E-state index < -0.39 is 10.0 Å². The number of nitrogens with zero attached hydrogens (tertiary/aromatic N) is 3. The second kappa shape index (κ2) is 5.95. The van der Waals surface area contributed by atoms with Crippen molar-refractivity contribution in [3.05, 3.63) is 41.2 Å². The molecule has 2 rings (SSSR count). The fourth-order valence-corrected chi connectivity index (χ4v) is 2.64. The normalized spacial score (nSPS) is 10.7. The van der Waals surface area contributed by atoms with E-state index in [0.29, 0.717) is 11.5 Å². The van der Waals surface area contributed by atoms with Crippen molar-refractivity contribution in [3.8, 4) is 6.07 Å². The second-order valence-electron chi connectivity index (χ2n) is 3.90. The smallest absolute Gasteiger partial charge is 0.265 e. The average molecular weight is 324 g/mol. The summed E-state index contributed by atoms with van der Waals surface area (Å²) >= 11 is 5.92. The topological polar surface area (TPSA) is 108 Å². The van der Waals surface area contributed by atoms with E-state index in [4.69, 9.17) is 16.9 Å². The summed E-state index contributed by atoms with van der Waals surface area (Å²) in [5.74, 6) is 0.304. The molecule has 0 aliphatic carbocycles.